The third kappa shape index (κ3) is 2.43. The summed E-state index contributed by atoms with van der Waals surface area (Å²) < 4.78 is 5.87. The molecule has 0 radical (unpaired) electrons. The first-order valence-corrected chi connectivity index (χ1v) is 8.32. The lowest BCUT2D eigenvalue weighted by molar-refractivity contribution is -0.106. The zero-order chi connectivity index (χ0) is 14.2. The van der Waals surface area contributed by atoms with Gasteiger partial charge in [-0.1, -0.05) is 26.7 Å². The first kappa shape index (κ1) is 14.2. The Morgan fingerprint density at radius 1 is 1.20 bits per heavy atom. The van der Waals surface area contributed by atoms with E-state index in [9.17, 15) is 0 Å². The molecule has 0 aromatic rings. The van der Waals surface area contributed by atoms with Gasteiger partial charge >= 0.3 is 0 Å². The molecule has 3 unspecified atom stereocenters. The number of rotatable bonds is 3. The van der Waals surface area contributed by atoms with Crippen LogP contribution in [-0.2, 0) is 4.74 Å². The zero-order valence-electron chi connectivity index (χ0n) is 13.1. The van der Waals surface area contributed by atoms with Gasteiger partial charge in [0, 0.05) is 36.6 Å². The molecule has 3 aliphatic rings. The lowest BCUT2D eigenvalue weighted by atomic mass is 9.57. The second-order valence-corrected chi connectivity index (χ2v) is 7.14. The van der Waals surface area contributed by atoms with Crippen molar-refractivity contribution in [1.82, 2.24) is 10.6 Å². The monoisotopic (exact) mass is 279 g/mol. The minimum Gasteiger partial charge on any atom is -0.377 e. The van der Waals surface area contributed by atoms with Gasteiger partial charge in [0.15, 0.2) is 5.96 Å². The van der Waals surface area contributed by atoms with Crippen LogP contribution in [0.1, 0.15) is 52.9 Å². The average molecular weight is 279 g/mol. The summed E-state index contributed by atoms with van der Waals surface area (Å²) in [5.41, 5.74) is 0.215. The quantitative estimate of drug-likeness (QED) is 0.615. The van der Waals surface area contributed by atoms with E-state index in [0.717, 1.165) is 19.1 Å². The van der Waals surface area contributed by atoms with Gasteiger partial charge in [0.25, 0.3) is 0 Å². The summed E-state index contributed by atoms with van der Waals surface area (Å²) in [6, 6.07) is 1.11. The van der Waals surface area contributed by atoms with E-state index >= 15 is 0 Å². The topological polar surface area (TPSA) is 45.7 Å². The van der Waals surface area contributed by atoms with Gasteiger partial charge in [-0.15, -0.1) is 0 Å². The van der Waals surface area contributed by atoms with Crippen molar-refractivity contribution in [2.45, 2.75) is 71.1 Å². The number of hydrogen-bond donors (Lipinski definition) is 2. The summed E-state index contributed by atoms with van der Waals surface area (Å²) in [6.45, 7) is 8.49. The van der Waals surface area contributed by atoms with E-state index in [0.29, 0.717) is 24.1 Å². The Balaban J connectivity index is 1.62. The van der Waals surface area contributed by atoms with Gasteiger partial charge in [0.2, 0.25) is 0 Å². The highest BCUT2D eigenvalue weighted by Gasteiger charge is 2.59. The number of ether oxygens (including phenoxy) is 1. The zero-order valence-corrected chi connectivity index (χ0v) is 13.1. The standard InChI is InChI=1S/C16H29N3O/c1-4-17-15(18-11-7-5-6-8-11)19-13-12-9-10-20-14(12)16(13,2)3/h11-14H,4-10H2,1-3H3,(H2,17,18,19). The third-order valence-corrected chi connectivity index (χ3v) is 5.40. The van der Waals surface area contributed by atoms with Crippen molar-refractivity contribution in [3.05, 3.63) is 0 Å². The van der Waals surface area contributed by atoms with E-state index in [1.165, 1.54) is 32.1 Å². The summed E-state index contributed by atoms with van der Waals surface area (Å²) in [6.07, 6.45) is 6.90. The summed E-state index contributed by atoms with van der Waals surface area (Å²) in [7, 11) is 0. The average Bonchev–Trinajstić information content (AvgIpc) is 3.06. The van der Waals surface area contributed by atoms with Gasteiger partial charge < -0.3 is 15.4 Å². The molecule has 3 fully saturated rings. The van der Waals surface area contributed by atoms with Crippen LogP contribution in [0.4, 0.5) is 0 Å². The van der Waals surface area contributed by atoms with Crippen LogP contribution in [-0.4, -0.2) is 37.3 Å². The normalized spacial score (nSPS) is 36.5. The Bertz CT molecular complexity index is 374. The van der Waals surface area contributed by atoms with E-state index in [-0.39, 0.29) is 5.41 Å². The summed E-state index contributed by atoms with van der Waals surface area (Å²) in [5, 5.41) is 7.33. The Morgan fingerprint density at radius 2 is 1.95 bits per heavy atom. The Morgan fingerprint density at radius 3 is 2.65 bits per heavy atom. The molecule has 0 aromatic carbocycles. The third-order valence-electron chi connectivity index (χ3n) is 5.40. The predicted molar refractivity (Wildman–Crippen MR) is 81.9 cm³/mol. The molecule has 4 heteroatoms. The molecule has 1 aliphatic heterocycles. The van der Waals surface area contributed by atoms with Gasteiger partial charge in [-0.3, -0.25) is 4.99 Å². The first-order valence-electron chi connectivity index (χ1n) is 8.32. The van der Waals surface area contributed by atoms with Crippen LogP contribution in [0.15, 0.2) is 4.99 Å². The maximum atomic E-state index is 5.87. The number of fused-ring (bicyclic) bond motifs is 1. The molecule has 3 atom stereocenters. The molecule has 4 nitrogen and oxygen atoms in total. The first-order chi connectivity index (χ1) is 9.63. The second-order valence-electron chi connectivity index (χ2n) is 7.14. The molecule has 20 heavy (non-hydrogen) atoms. The predicted octanol–water partition coefficient (Wildman–Crippen LogP) is 2.30. The smallest absolute Gasteiger partial charge is 0.191 e. The summed E-state index contributed by atoms with van der Waals surface area (Å²) >= 11 is 0. The van der Waals surface area contributed by atoms with Gasteiger partial charge in [0.1, 0.15) is 0 Å². The van der Waals surface area contributed by atoms with Crippen LogP contribution in [0.3, 0.4) is 0 Å². The van der Waals surface area contributed by atoms with Crippen molar-refractivity contribution >= 4 is 5.96 Å². The molecule has 2 aliphatic carbocycles. The van der Waals surface area contributed by atoms with Crippen LogP contribution in [0.25, 0.3) is 0 Å². The molecule has 2 N–H and O–H groups in total. The van der Waals surface area contributed by atoms with Crippen molar-refractivity contribution < 1.29 is 4.74 Å². The second kappa shape index (κ2) is 5.55. The molecule has 2 saturated carbocycles. The van der Waals surface area contributed by atoms with Crippen LogP contribution in [0.2, 0.25) is 0 Å². The van der Waals surface area contributed by atoms with Crippen molar-refractivity contribution in [3.8, 4) is 0 Å². The molecular formula is C16H29N3O. The number of nitrogens with one attached hydrogen (secondary N) is 2. The van der Waals surface area contributed by atoms with Crippen molar-refractivity contribution in [2.75, 3.05) is 13.2 Å². The van der Waals surface area contributed by atoms with E-state index in [2.05, 4.69) is 36.4 Å². The highest BCUT2D eigenvalue weighted by molar-refractivity contribution is 5.80. The summed E-state index contributed by atoms with van der Waals surface area (Å²) in [5.74, 6) is 1.68. The van der Waals surface area contributed by atoms with E-state index < -0.39 is 0 Å². The maximum absolute atomic E-state index is 5.87. The van der Waals surface area contributed by atoms with Crippen LogP contribution >= 0.6 is 0 Å². The van der Waals surface area contributed by atoms with Gasteiger partial charge in [-0.05, 0) is 26.2 Å². The lowest BCUT2D eigenvalue weighted by Gasteiger charge is -2.55. The van der Waals surface area contributed by atoms with Crippen molar-refractivity contribution in [1.29, 1.82) is 0 Å². The SMILES string of the molecule is CCN=C(NC1CCCC1)NC1C2CCOC2C1(C)C. The number of nitrogens with zero attached hydrogens (tertiary/aromatic N) is 1. The van der Waals surface area contributed by atoms with E-state index in [1.807, 2.05) is 0 Å². The number of hydrogen-bond acceptors (Lipinski definition) is 2. The molecule has 3 rings (SSSR count). The molecule has 1 saturated heterocycles. The van der Waals surface area contributed by atoms with Crippen LogP contribution in [0, 0.1) is 11.3 Å². The molecule has 1 heterocycles. The lowest BCUT2D eigenvalue weighted by Crippen LogP contribution is -2.68. The molecule has 0 amide bonds. The van der Waals surface area contributed by atoms with E-state index in [4.69, 9.17) is 4.74 Å². The molecule has 114 valence electrons. The highest BCUT2D eigenvalue weighted by Crippen LogP contribution is 2.52. The maximum Gasteiger partial charge on any atom is 0.191 e. The molecule has 0 bridgehead atoms. The summed E-state index contributed by atoms with van der Waals surface area (Å²) in [4.78, 5) is 4.64. The van der Waals surface area contributed by atoms with Crippen LogP contribution < -0.4 is 10.6 Å². The van der Waals surface area contributed by atoms with Crippen LogP contribution in [0.5, 0.6) is 0 Å². The van der Waals surface area contributed by atoms with E-state index in [1.54, 1.807) is 0 Å². The molecular weight excluding hydrogens is 250 g/mol. The fourth-order valence-corrected chi connectivity index (χ4v) is 4.32. The van der Waals surface area contributed by atoms with Gasteiger partial charge in [-0.2, -0.15) is 0 Å². The Labute approximate surface area is 122 Å². The minimum atomic E-state index is 0.215. The molecule has 0 spiro atoms. The van der Waals surface area contributed by atoms with Gasteiger partial charge in [0.05, 0.1) is 6.10 Å². The largest absolute Gasteiger partial charge is 0.377 e. The molecule has 0 aromatic heterocycles. The number of guanidine groups is 1. The van der Waals surface area contributed by atoms with Crippen molar-refractivity contribution in [3.63, 3.8) is 0 Å². The fraction of sp³-hybridized carbons (Fsp3) is 0.938. The highest BCUT2D eigenvalue weighted by atomic mass is 16.5. The fourth-order valence-electron chi connectivity index (χ4n) is 4.32. The van der Waals surface area contributed by atoms with Crippen molar-refractivity contribution in [2.24, 2.45) is 16.3 Å². The van der Waals surface area contributed by atoms with Gasteiger partial charge in [-0.25, -0.2) is 0 Å². The number of aliphatic imine (C=N–C) groups is 1. The Hall–Kier alpha value is -0.770. The Kier molecular flexibility index (Phi) is 3.93. The minimum absolute atomic E-state index is 0.215.